The number of aromatic nitrogens is 2. The quantitative estimate of drug-likeness (QED) is 0.125. The van der Waals surface area contributed by atoms with Crippen molar-refractivity contribution in [2.24, 2.45) is 17.4 Å². The molecule has 3 aromatic carbocycles. The number of fused-ring (bicyclic) bond motifs is 2. The Labute approximate surface area is 309 Å². The highest BCUT2D eigenvalue weighted by Gasteiger charge is 2.39. The lowest BCUT2D eigenvalue weighted by atomic mass is 9.87. The van der Waals surface area contributed by atoms with Crippen LogP contribution in [-0.2, 0) is 11.3 Å². The maximum atomic E-state index is 16.1. The van der Waals surface area contributed by atoms with Crippen molar-refractivity contribution < 1.29 is 47.6 Å². The highest BCUT2D eigenvalue weighted by atomic mass is 35.5. The van der Waals surface area contributed by atoms with E-state index in [4.69, 9.17) is 44.1 Å². The number of allylic oxidation sites excluding steroid dienone is 3. The number of carboxylic acids is 2. The molecule has 2 unspecified atom stereocenters. The number of aliphatic carboxylic acids is 1. The number of carboxylic acid groups (broad SMARTS) is 2. The van der Waals surface area contributed by atoms with Crippen LogP contribution in [-0.4, -0.2) is 64.3 Å². The zero-order valence-electron chi connectivity index (χ0n) is 28.1. The largest absolute Gasteiger partial charge is 0.494 e. The fourth-order valence-corrected chi connectivity index (χ4v) is 7.39. The number of hydrogen-bond acceptors (Lipinski definition) is 9. The molecule has 2 aliphatic rings. The molecule has 0 radical (unpaired) electrons. The lowest BCUT2D eigenvalue weighted by molar-refractivity contribution is -0.133. The molecular weight excluding hydrogens is 741 g/mol. The van der Waals surface area contributed by atoms with Crippen LogP contribution in [0.5, 0.6) is 11.5 Å². The normalized spacial score (nSPS) is 16.8. The SMILES string of the molecule is COc1c(C(N)=O)ccc2c1NC(c1c(C(=O)O)ccc(Cl)c1F)N2CCn1c(C2=C(C(=O)O)C(C)CC(Cl)=C2F)nc2c(OC)c(C(N)=O)ccc21. The molecule has 0 spiro atoms. The Morgan fingerprint density at radius 1 is 0.925 bits per heavy atom. The van der Waals surface area contributed by atoms with Crippen LogP contribution in [0.3, 0.4) is 0 Å². The highest BCUT2D eigenvalue weighted by molar-refractivity contribution is 6.31. The number of carbonyl (C=O) groups is 4. The molecule has 276 valence electrons. The van der Waals surface area contributed by atoms with Gasteiger partial charge in [-0.2, -0.15) is 0 Å². The average molecular weight is 772 g/mol. The number of anilines is 2. The fraction of sp³-hybridized carbons (Fsp3) is 0.229. The van der Waals surface area contributed by atoms with Crippen LogP contribution in [0.25, 0.3) is 16.6 Å². The molecule has 6 rings (SSSR count). The van der Waals surface area contributed by atoms with Crippen LogP contribution in [0.2, 0.25) is 5.02 Å². The fourth-order valence-electron chi connectivity index (χ4n) is 6.90. The molecule has 4 aromatic rings. The molecule has 0 bridgehead atoms. The van der Waals surface area contributed by atoms with Crippen LogP contribution in [0, 0.1) is 11.7 Å². The minimum absolute atomic E-state index is 0.00593. The number of halogens is 4. The van der Waals surface area contributed by atoms with Crippen molar-refractivity contribution in [3.63, 3.8) is 0 Å². The third-order valence-corrected chi connectivity index (χ3v) is 9.82. The van der Waals surface area contributed by atoms with Crippen molar-refractivity contribution in [3.8, 4) is 11.5 Å². The van der Waals surface area contributed by atoms with Gasteiger partial charge in [-0.25, -0.2) is 23.4 Å². The Morgan fingerprint density at radius 3 is 2.15 bits per heavy atom. The Morgan fingerprint density at radius 2 is 1.55 bits per heavy atom. The average Bonchev–Trinajstić information content (AvgIpc) is 3.66. The van der Waals surface area contributed by atoms with Crippen LogP contribution >= 0.6 is 23.2 Å². The number of nitrogens with two attached hydrogens (primary N) is 2. The number of benzene rings is 3. The molecule has 2 atom stereocenters. The van der Waals surface area contributed by atoms with Crippen molar-refractivity contribution in [2.45, 2.75) is 26.1 Å². The molecule has 18 heteroatoms. The van der Waals surface area contributed by atoms with Crippen LogP contribution in [0.15, 0.2) is 52.8 Å². The Hall–Kier alpha value is -5.87. The Kier molecular flexibility index (Phi) is 9.70. The summed E-state index contributed by atoms with van der Waals surface area (Å²) in [4.78, 5) is 55.8. The summed E-state index contributed by atoms with van der Waals surface area (Å²) in [7, 11) is 2.56. The topological polar surface area (TPSA) is 212 Å². The second-order valence-corrected chi connectivity index (χ2v) is 13.0. The zero-order valence-corrected chi connectivity index (χ0v) is 29.6. The van der Waals surface area contributed by atoms with E-state index in [9.17, 15) is 29.4 Å². The van der Waals surface area contributed by atoms with E-state index < -0.39 is 58.6 Å². The second kappa shape index (κ2) is 13.9. The first-order chi connectivity index (χ1) is 25.1. The molecule has 0 fully saturated rings. The Balaban J connectivity index is 1.61. The van der Waals surface area contributed by atoms with E-state index in [1.165, 1.54) is 43.1 Å². The molecular formula is C35H30Cl2F2N6O8. The summed E-state index contributed by atoms with van der Waals surface area (Å²) >= 11 is 12.5. The van der Waals surface area contributed by atoms with Crippen molar-refractivity contribution in [1.82, 2.24) is 9.55 Å². The number of primary amides is 2. The monoisotopic (exact) mass is 770 g/mol. The van der Waals surface area contributed by atoms with Gasteiger partial charge in [0, 0.05) is 18.7 Å². The summed E-state index contributed by atoms with van der Waals surface area (Å²) < 4.78 is 44.6. The van der Waals surface area contributed by atoms with Gasteiger partial charge in [-0.3, -0.25) is 9.59 Å². The van der Waals surface area contributed by atoms with Crippen LogP contribution < -0.4 is 31.2 Å². The summed E-state index contributed by atoms with van der Waals surface area (Å²) in [5.41, 5.74) is 10.4. The van der Waals surface area contributed by atoms with E-state index in [0.717, 1.165) is 12.1 Å². The van der Waals surface area contributed by atoms with Gasteiger partial charge in [-0.05, 0) is 48.7 Å². The van der Waals surface area contributed by atoms with Crippen molar-refractivity contribution in [2.75, 3.05) is 31.0 Å². The minimum atomic E-state index is -1.46. The third kappa shape index (κ3) is 6.02. The van der Waals surface area contributed by atoms with E-state index in [1.54, 1.807) is 11.8 Å². The predicted molar refractivity (Wildman–Crippen MR) is 191 cm³/mol. The number of methoxy groups -OCH3 is 2. The van der Waals surface area contributed by atoms with Crippen molar-refractivity contribution in [3.05, 3.63) is 91.7 Å². The van der Waals surface area contributed by atoms with E-state index in [2.05, 4.69) is 10.3 Å². The first kappa shape index (κ1) is 36.9. The van der Waals surface area contributed by atoms with E-state index in [0.29, 0.717) is 5.69 Å². The lowest BCUT2D eigenvalue weighted by Gasteiger charge is -2.29. The lowest BCUT2D eigenvalue weighted by Crippen LogP contribution is -2.33. The molecule has 7 N–H and O–H groups in total. The molecule has 0 saturated carbocycles. The summed E-state index contributed by atoms with van der Waals surface area (Å²) in [6.07, 6.45) is -1.38. The number of rotatable bonds is 11. The number of carbonyl (C=O) groups excluding carboxylic acids is 2. The van der Waals surface area contributed by atoms with E-state index in [1.807, 2.05) is 0 Å². The van der Waals surface area contributed by atoms with Gasteiger partial charge in [-0.15, -0.1) is 0 Å². The number of aromatic carboxylic acids is 1. The van der Waals surface area contributed by atoms with Crippen LogP contribution in [0.1, 0.15) is 62.0 Å². The first-order valence-corrected chi connectivity index (χ1v) is 16.5. The molecule has 1 aliphatic heterocycles. The van der Waals surface area contributed by atoms with Gasteiger partial charge in [0.2, 0.25) is 0 Å². The zero-order chi connectivity index (χ0) is 38.6. The summed E-state index contributed by atoms with van der Waals surface area (Å²) in [5.74, 6) is -7.62. The number of nitrogens with one attached hydrogen (secondary N) is 1. The Bertz CT molecular complexity index is 2340. The maximum Gasteiger partial charge on any atom is 0.336 e. The number of hydrogen-bond donors (Lipinski definition) is 5. The number of ether oxygens (including phenoxy) is 2. The highest BCUT2D eigenvalue weighted by Crippen LogP contribution is 2.50. The predicted octanol–water partition coefficient (Wildman–Crippen LogP) is 5.67. The second-order valence-electron chi connectivity index (χ2n) is 12.2. The van der Waals surface area contributed by atoms with Gasteiger partial charge in [0.25, 0.3) is 11.8 Å². The van der Waals surface area contributed by atoms with Crippen LogP contribution in [0.4, 0.5) is 20.2 Å². The molecule has 53 heavy (non-hydrogen) atoms. The summed E-state index contributed by atoms with van der Waals surface area (Å²) in [6, 6.07) is 7.97. The van der Waals surface area contributed by atoms with Gasteiger partial charge in [0.1, 0.15) is 34.8 Å². The van der Waals surface area contributed by atoms with Crippen molar-refractivity contribution in [1.29, 1.82) is 0 Å². The van der Waals surface area contributed by atoms with E-state index >= 15 is 8.78 Å². The smallest absolute Gasteiger partial charge is 0.336 e. The molecule has 2 heterocycles. The standard InChI is InChI=1S/C35H30Cl2F2N6O8/c1-13-12-18(37)25(39)23(21(13)35(50)51)33-43-27-20(9-6-16(31(41)47)29(27)53-3)45(33)11-10-44-19-8-5-15(30(40)46)28(52-2)26(19)42-32(44)22-14(34(48)49)4-7-17(36)24(22)38/h4-9,13,32,42H,10-12H2,1-3H3,(H2,40,46)(H2,41,47)(H,48,49)(H,50,51). The molecule has 2 amide bonds. The van der Waals surface area contributed by atoms with Gasteiger partial charge in [0.15, 0.2) is 11.5 Å². The number of nitrogens with zero attached hydrogens (tertiary/aromatic N) is 3. The number of amides is 2. The summed E-state index contributed by atoms with van der Waals surface area (Å²) in [5, 5.41) is 22.8. The van der Waals surface area contributed by atoms with Crippen molar-refractivity contribution >= 4 is 74.9 Å². The summed E-state index contributed by atoms with van der Waals surface area (Å²) in [6.45, 7) is 1.27. The van der Waals surface area contributed by atoms with Gasteiger partial charge in [0.05, 0.1) is 63.3 Å². The minimum Gasteiger partial charge on any atom is -0.494 e. The first-order valence-electron chi connectivity index (χ1n) is 15.8. The van der Waals surface area contributed by atoms with Gasteiger partial charge < -0.3 is 45.9 Å². The maximum absolute atomic E-state index is 16.1. The van der Waals surface area contributed by atoms with Gasteiger partial charge in [-0.1, -0.05) is 30.1 Å². The molecule has 1 aliphatic carbocycles. The molecule has 0 saturated heterocycles. The molecule has 1 aromatic heterocycles. The van der Waals surface area contributed by atoms with Gasteiger partial charge >= 0.3 is 11.9 Å². The van der Waals surface area contributed by atoms with E-state index in [-0.39, 0.29) is 85.9 Å². The molecule has 14 nitrogen and oxygen atoms in total. The number of imidazole rings is 1. The third-order valence-electron chi connectivity index (χ3n) is 9.21.